The van der Waals surface area contributed by atoms with Gasteiger partial charge in [-0.3, -0.25) is 9.59 Å². The Kier molecular flexibility index (Phi) is 63.0. The summed E-state index contributed by atoms with van der Waals surface area (Å²) in [7, 11) is 0. The SMILES string of the molecule is CCCCC/C=C\C/C=C\CCCCCCCC(=O)OCCCCCCCCCCC/C=C\C/C=C\CCCCCCCCCCCCCC(=O)NC(CO)C(O)/C=C/CCCCCCCCCCCCCCCCC. The van der Waals surface area contributed by atoms with Crippen LogP contribution in [0.1, 0.15) is 348 Å². The van der Waals surface area contributed by atoms with Crippen molar-refractivity contribution in [3.63, 3.8) is 0 Å². The number of carbonyl (C=O) groups excluding carboxylic acids is 2. The van der Waals surface area contributed by atoms with Crippen molar-refractivity contribution in [1.29, 1.82) is 0 Å². The molecule has 444 valence electrons. The van der Waals surface area contributed by atoms with E-state index in [2.05, 4.69) is 67.8 Å². The van der Waals surface area contributed by atoms with Crippen molar-refractivity contribution < 1.29 is 24.5 Å². The quantitative estimate of drug-likeness (QED) is 0.0320. The number of carbonyl (C=O) groups is 2. The number of ether oxygens (including phenoxy) is 1. The molecule has 0 saturated heterocycles. The van der Waals surface area contributed by atoms with Crippen LogP contribution in [-0.4, -0.2) is 47.4 Å². The van der Waals surface area contributed by atoms with Gasteiger partial charge >= 0.3 is 5.97 Å². The molecule has 2 unspecified atom stereocenters. The molecule has 6 nitrogen and oxygen atoms in total. The monoisotopic (exact) mass is 1060 g/mol. The third-order valence-electron chi connectivity index (χ3n) is 15.3. The Labute approximate surface area is 473 Å². The molecule has 2 atom stereocenters. The third kappa shape index (κ3) is 60.8. The average molecular weight is 1060 g/mol. The van der Waals surface area contributed by atoms with Crippen LogP contribution in [-0.2, 0) is 14.3 Å². The number of esters is 1. The molecular formula is C70H129NO5. The molecule has 0 heterocycles. The van der Waals surface area contributed by atoms with Crippen LogP contribution in [0.15, 0.2) is 60.8 Å². The minimum absolute atomic E-state index is 0.00412. The molecule has 0 saturated carbocycles. The van der Waals surface area contributed by atoms with Gasteiger partial charge in [-0.15, -0.1) is 0 Å². The van der Waals surface area contributed by atoms with Crippen molar-refractivity contribution >= 4 is 11.9 Å². The average Bonchev–Trinajstić information content (AvgIpc) is 3.42. The maximum atomic E-state index is 12.5. The predicted molar refractivity (Wildman–Crippen MR) is 333 cm³/mol. The number of amides is 1. The first-order chi connectivity index (χ1) is 37.5. The molecule has 0 fully saturated rings. The molecular weight excluding hydrogens is 935 g/mol. The molecule has 0 aromatic carbocycles. The molecule has 1 amide bonds. The minimum Gasteiger partial charge on any atom is -0.466 e. The zero-order valence-corrected chi connectivity index (χ0v) is 50.7. The van der Waals surface area contributed by atoms with Crippen LogP contribution in [0.2, 0.25) is 0 Å². The first-order valence-electron chi connectivity index (χ1n) is 33.6. The van der Waals surface area contributed by atoms with Gasteiger partial charge in [-0.05, 0) is 96.3 Å². The standard InChI is InChI=1S/C70H129NO5/c1-3-5-7-9-11-13-15-17-19-31-35-38-42-46-50-54-58-62-68(73)67(66-72)71-69(74)63-59-55-51-47-43-39-36-32-29-27-25-23-21-20-22-24-26-28-30-33-37-41-45-49-53-57-61-65-76-70(75)64-60-56-52-48-44-40-34-18-16-14-12-10-8-6-4-2/h12,14,18,20-21,24,26,34,58,62,67-68,72-73H,3-11,13,15-17,19,22-23,25,27-33,35-57,59-61,63-66H2,1-2H3,(H,71,74)/b14-12-,21-20-,26-24-,34-18-,62-58+. The lowest BCUT2D eigenvalue weighted by atomic mass is 10.0. The summed E-state index contributed by atoms with van der Waals surface area (Å²) >= 11 is 0. The number of unbranched alkanes of at least 4 members (excludes halogenated alkanes) is 43. The minimum atomic E-state index is -0.848. The number of hydrogen-bond donors (Lipinski definition) is 3. The molecule has 0 bridgehead atoms. The predicted octanol–water partition coefficient (Wildman–Crippen LogP) is 21.5. The number of aliphatic hydroxyl groups excluding tert-OH is 2. The molecule has 0 rings (SSSR count). The van der Waals surface area contributed by atoms with E-state index >= 15 is 0 Å². The van der Waals surface area contributed by atoms with Crippen molar-refractivity contribution in [3.05, 3.63) is 60.8 Å². The van der Waals surface area contributed by atoms with Crippen molar-refractivity contribution in [3.8, 4) is 0 Å². The van der Waals surface area contributed by atoms with E-state index in [0.29, 0.717) is 19.4 Å². The molecule has 76 heavy (non-hydrogen) atoms. The number of aliphatic hydroxyl groups is 2. The fourth-order valence-electron chi connectivity index (χ4n) is 10.1. The van der Waals surface area contributed by atoms with Crippen molar-refractivity contribution in [1.82, 2.24) is 5.32 Å². The van der Waals surface area contributed by atoms with Gasteiger partial charge in [-0.25, -0.2) is 0 Å². The first kappa shape index (κ1) is 73.6. The Morgan fingerprint density at radius 2 is 0.658 bits per heavy atom. The zero-order chi connectivity index (χ0) is 55.0. The summed E-state index contributed by atoms with van der Waals surface area (Å²) in [5.74, 6) is -0.0740. The van der Waals surface area contributed by atoms with Gasteiger partial charge in [0, 0.05) is 12.8 Å². The topological polar surface area (TPSA) is 95.9 Å². The molecule has 0 aliphatic rings. The number of rotatable bonds is 62. The lowest BCUT2D eigenvalue weighted by Crippen LogP contribution is -2.45. The molecule has 0 spiro atoms. The fraction of sp³-hybridized carbons (Fsp3) is 0.829. The van der Waals surface area contributed by atoms with Gasteiger partial charge in [0.1, 0.15) is 0 Å². The Morgan fingerprint density at radius 1 is 0.368 bits per heavy atom. The van der Waals surface area contributed by atoms with Crippen molar-refractivity contribution in [2.24, 2.45) is 0 Å². The van der Waals surface area contributed by atoms with E-state index < -0.39 is 12.1 Å². The third-order valence-corrected chi connectivity index (χ3v) is 15.3. The molecule has 0 aromatic rings. The molecule has 0 aliphatic carbocycles. The van der Waals surface area contributed by atoms with Crippen molar-refractivity contribution in [2.75, 3.05) is 13.2 Å². The summed E-state index contributed by atoms with van der Waals surface area (Å²) in [6.07, 6.45) is 85.6. The Hall–Kier alpha value is -2.44. The second-order valence-corrected chi connectivity index (χ2v) is 22.8. The Balaban J connectivity index is 3.45. The van der Waals surface area contributed by atoms with Gasteiger partial charge in [0.25, 0.3) is 0 Å². The lowest BCUT2D eigenvalue weighted by molar-refractivity contribution is -0.143. The van der Waals surface area contributed by atoms with Crippen LogP contribution >= 0.6 is 0 Å². The summed E-state index contributed by atoms with van der Waals surface area (Å²) < 4.78 is 5.48. The van der Waals surface area contributed by atoms with Crippen LogP contribution < -0.4 is 5.32 Å². The second-order valence-electron chi connectivity index (χ2n) is 22.8. The first-order valence-corrected chi connectivity index (χ1v) is 33.6. The van der Waals surface area contributed by atoms with E-state index in [1.165, 1.54) is 263 Å². The van der Waals surface area contributed by atoms with Crippen LogP contribution in [0.4, 0.5) is 0 Å². The van der Waals surface area contributed by atoms with Crippen LogP contribution in [0, 0.1) is 0 Å². The van der Waals surface area contributed by atoms with Gasteiger partial charge in [-0.2, -0.15) is 0 Å². The number of nitrogens with one attached hydrogen (secondary N) is 1. The fourth-order valence-corrected chi connectivity index (χ4v) is 10.1. The molecule has 0 aliphatic heterocycles. The maximum Gasteiger partial charge on any atom is 0.305 e. The summed E-state index contributed by atoms with van der Waals surface area (Å²) in [4.78, 5) is 24.5. The number of hydrogen-bond acceptors (Lipinski definition) is 5. The van der Waals surface area contributed by atoms with Crippen LogP contribution in [0.5, 0.6) is 0 Å². The van der Waals surface area contributed by atoms with E-state index in [-0.39, 0.29) is 18.5 Å². The normalized spacial score (nSPS) is 12.9. The van der Waals surface area contributed by atoms with Gasteiger partial charge in [0.2, 0.25) is 5.91 Å². The molecule has 3 N–H and O–H groups in total. The second kappa shape index (κ2) is 65.1. The summed E-state index contributed by atoms with van der Waals surface area (Å²) in [5.41, 5.74) is 0. The summed E-state index contributed by atoms with van der Waals surface area (Å²) in [6, 6.07) is -0.632. The van der Waals surface area contributed by atoms with Gasteiger partial charge in [0.15, 0.2) is 0 Å². The van der Waals surface area contributed by atoms with E-state index in [1.54, 1.807) is 6.08 Å². The molecule has 0 radical (unpaired) electrons. The van der Waals surface area contributed by atoms with Gasteiger partial charge in [-0.1, -0.05) is 299 Å². The Bertz CT molecular complexity index is 1320. The Morgan fingerprint density at radius 3 is 1.03 bits per heavy atom. The van der Waals surface area contributed by atoms with Gasteiger partial charge in [0.05, 0.1) is 25.4 Å². The highest BCUT2D eigenvalue weighted by atomic mass is 16.5. The summed E-state index contributed by atoms with van der Waals surface area (Å²) in [6.45, 7) is 4.88. The van der Waals surface area contributed by atoms with Crippen LogP contribution in [0.3, 0.4) is 0 Å². The highest BCUT2D eigenvalue weighted by molar-refractivity contribution is 5.76. The zero-order valence-electron chi connectivity index (χ0n) is 50.7. The van der Waals surface area contributed by atoms with Gasteiger partial charge < -0.3 is 20.3 Å². The number of allylic oxidation sites excluding steroid dienone is 9. The van der Waals surface area contributed by atoms with E-state index in [9.17, 15) is 19.8 Å². The lowest BCUT2D eigenvalue weighted by Gasteiger charge is -2.20. The van der Waals surface area contributed by atoms with E-state index in [1.807, 2.05) is 6.08 Å². The highest BCUT2D eigenvalue weighted by Gasteiger charge is 2.18. The van der Waals surface area contributed by atoms with Crippen LogP contribution in [0.25, 0.3) is 0 Å². The van der Waals surface area contributed by atoms with E-state index in [4.69, 9.17) is 4.74 Å². The highest BCUT2D eigenvalue weighted by Crippen LogP contribution is 2.17. The largest absolute Gasteiger partial charge is 0.466 e. The smallest absolute Gasteiger partial charge is 0.305 e. The van der Waals surface area contributed by atoms with Crippen molar-refractivity contribution in [2.45, 2.75) is 360 Å². The summed E-state index contributed by atoms with van der Waals surface area (Å²) in [5, 5.41) is 23.2. The molecule has 6 heteroatoms. The van der Waals surface area contributed by atoms with E-state index in [0.717, 1.165) is 57.8 Å². The maximum absolute atomic E-state index is 12.5. The molecule has 0 aromatic heterocycles.